The van der Waals surface area contributed by atoms with E-state index in [0.717, 1.165) is 19.3 Å². The van der Waals surface area contributed by atoms with Crippen LogP contribution in [0.25, 0.3) is 0 Å². The van der Waals surface area contributed by atoms with Gasteiger partial charge in [0.05, 0.1) is 6.04 Å². The Labute approximate surface area is 62.5 Å². The van der Waals surface area contributed by atoms with Crippen molar-refractivity contribution >= 4 is 0 Å². The van der Waals surface area contributed by atoms with Crippen LogP contribution in [0.1, 0.15) is 38.5 Å². The van der Waals surface area contributed by atoms with Crippen LogP contribution in [-0.2, 0) is 0 Å². The van der Waals surface area contributed by atoms with E-state index in [2.05, 4.69) is 11.5 Å². The molecule has 0 heterocycles. The smallest absolute Gasteiger partial charge is 0.0705 e. The highest BCUT2D eigenvalue weighted by molar-refractivity contribution is 4.74. The third kappa shape index (κ3) is 2.46. The molecule has 1 rings (SSSR count). The van der Waals surface area contributed by atoms with Crippen molar-refractivity contribution in [2.45, 2.75) is 44.6 Å². The Morgan fingerprint density at radius 1 is 1.20 bits per heavy atom. The Balaban J connectivity index is 2.22. The van der Waals surface area contributed by atoms with Gasteiger partial charge in [-0.2, -0.15) is 5.11 Å². The van der Waals surface area contributed by atoms with E-state index < -0.39 is 0 Å². The number of rotatable bonds is 1. The van der Waals surface area contributed by atoms with Gasteiger partial charge in [-0.05, 0) is 25.7 Å². The molecule has 1 radical (unpaired) electrons. The fourth-order valence-corrected chi connectivity index (χ4v) is 1.40. The largest absolute Gasteiger partial charge is 0.210 e. The molecule has 0 aromatic carbocycles. The number of nitrogens with zero attached hydrogens (tertiary/aromatic N) is 1. The van der Waals surface area contributed by atoms with Crippen LogP contribution in [0.15, 0.2) is 5.11 Å². The predicted molar refractivity (Wildman–Crippen MR) is 40.9 cm³/mol. The number of nitrogens with one attached hydrogen (secondary N) is 1. The minimum Gasteiger partial charge on any atom is -0.210 e. The molecule has 10 heavy (non-hydrogen) atoms. The third-order valence-corrected chi connectivity index (χ3v) is 2.08. The quantitative estimate of drug-likeness (QED) is 0.542. The topological polar surface area (TPSA) is 36.2 Å². The number of hydrogen-bond donors (Lipinski definition) is 1. The van der Waals surface area contributed by atoms with E-state index in [1.54, 1.807) is 0 Å². The molecule has 57 valence electrons. The summed E-state index contributed by atoms with van der Waals surface area (Å²) in [6, 6.07) is 0.330. The molecule has 1 N–H and O–H groups in total. The van der Waals surface area contributed by atoms with E-state index in [0.29, 0.717) is 6.04 Å². The van der Waals surface area contributed by atoms with Gasteiger partial charge in [-0.25, -0.2) is 5.53 Å². The average molecular weight is 139 g/mol. The molecule has 1 fully saturated rings. The van der Waals surface area contributed by atoms with Crippen LogP contribution in [0.5, 0.6) is 0 Å². The molecule has 0 amide bonds. The first kappa shape index (κ1) is 7.70. The lowest BCUT2D eigenvalue weighted by atomic mass is 9.97. The molecule has 0 aromatic rings. The van der Waals surface area contributed by atoms with Crippen LogP contribution in [-0.4, -0.2) is 6.04 Å². The van der Waals surface area contributed by atoms with Crippen LogP contribution >= 0.6 is 0 Å². The second-order valence-corrected chi connectivity index (χ2v) is 2.93. The van der Waals surface area contributed by atoms with Gasteiger partial charge in [0, 0.05) is 0 Å². The van der Waals surface area contributed by atoms with E-state index >= 15 is 0 Å². The summed E-state index contributed by atoms with van der Waals surface area (Å²) in [5, 5.41) is 3.58. The second kappa shape index (κ2) is 4.42. The zero-order chi connectivity index (χ0) is 7.23. The van der Waals surface area contributed by atoms with E-state index in [1.807, 2.05) is 0 Å². The van der Waals surface area contributed by atoms with E-state index in [9.17, 15) is 0 Å². The maximum absolute atomic E-state index is 6.88. The van der Waals surface area contributed by atoms with Gasteiger partial charge in [0.15, 0.2) is 0 Å². The molecule has 0 aliphatic heterocycles. The van der Waals surface area contributed by atoms with E-state index in [4.69, 9.17) is 5.53 Å². The van der Waals surface area contributed by atoms with Crippen LogP contribution in [0.4, 0.5) is 0 Å². The van der Waals surface area contributed by atoms with Crippen LogP contribution in [0, 0.1) is 12.0 Å². The van der Waals surface area contributed by atoms with Crippen molar-refractivity contribution in [3.63, 3.8) is 0 Å². The van der Waals surface area contributed by atoms with Gasteiger partial charge >= 0.3 is 0 Å². The Bertz CT molecular complexity index is 93.4. The van der Waals surface area contributed by atoms with Crippen LogP contribution in [0.3, 0.4) is 0 Å². The molecule has 1 atom stereocenters. The first-order valence-electron chi connectivity index (χ1n) is 4.11. The average Bonchev–Trinajstić information content (AvgIpc) is 1.87. The summed E-state index contributed by atoms with van der Waals surface area (Å²) in [6.45, 7) is 0. The maximum atomic E-state index is 6.88. The minimum atomic E-state index is 0.330. The molecule has 0 saturated heterocycles. The Morgan fingerprint density at radius 2 is 2.10 bits per heavy atom. The molecule has 2 nitrogen and oxygen atoms in total. The molecule has 0 spiro atoms. The van der Waals surface area contributed by atoms with Crippen molar-refractivity contribution in [3.8, 4) is 0 Å². The summed E-state index contributed by atoms with van der Waals surface area (Å²) >= 11 is 0. The zero-order valence-electron chi connectivity index (χ0n) is 6.34. The predicted octanol–water partition coefficient (Wildman–Crippen LogP) is 2.94. The minimum absolute atomic E-state index is 0.330. The van der Waals surface area contributed by atoms with Crippen molar-refractivity contribution in [1.82, 2.24) is 0 Å². The number of hydrogen-bond acceptors (Lipinski definition) is 2. The lowest BCUT2D eigenvalue weighted by Crippen LogP contribution is -2.05. The van der Waals surface area contributed by atoms with Crippen LogP contribution < -0.4 is 0 Å². The van der Waals surface area contributed by atoms with Crippen molar-refractivity contribution in [2.75, 3.05) is 0 Å². The van der Waals surface area contributed by atoms with Gasteiger partial charge in [-0.1, -0.05) is 19.3 Å². The Hall–Kier alpha value is -0.400. The maximum Gasteiger partial charge on any atom is 0.0705 e. The van der Waals surface area contributed by atoms with Gasteiger partial charge in [-0.3, -0.25) is 0 Å². The van der Waals surface area contributed by atoms with E-state index in [1.165, 1.54) is 19.3 Å². The summed E-state index contributed by atoms with van der Waals surface area (Å²) in [6.07, 6.45) is 9.55. The lowest BCUT2D eigenvalue weighted by Gasteiger charge is -2.13. The highest BCUT2D eigenvalue weighted by Gasteiger charge is 2.08. The molecule has 0 aromatic heterocycles. The molecule has 0 bridgehead atoms. The van der Waals surface area contributed by atoms with Crippen molar-refractivity contribution in [3.05, 3.63) is 6.42 Å². The summed E-state index contributed by atoms with van der Waals surface area (Å²) in [5.74, 6) is 0. The van der Waals surface area contributed by atoms with Gasteiger partial charge in [0.2, 0.25) is 0 Å². The summed E-state index contributed by atoms with van der Waals surface area (Å²) in [7, 11) is 0. The summed E-state index contributed by atoms with van der Waals surface area (Å²) < 4.78 is 0. The molecule has 1 unspecified atom stereocenters. The molecule has 1 saturated carbocycles. The second-order valence-electron chi connectivity index (χ2n) is 2.93. The molecular formula is C8H15N2. The lowest BCUT2D eigenvalue weighted by molar-refractivity contribution is 0.479. The third-order valence-electron chi connectivity index (χ3n) is 2.08. The summed E-state index contributed by atoms with van der Waals surface area (Å²) in [4.78, 5) is 0. The highest BCUT2D eigenvalue weighted by Crippen LogP contribution is 2.18. The normalized spacial score (nSPS) is 23.2. The highest BCUT2D eigenvalue weighted by atomic mass is 15.0. The van der Waals surface area contributed by atoms with Crippen molar-refractivity contribution in [2.24, 2.45) is 5.11 Å². The standard InChI is InChI=1S/C8H15N2/c9-10-8-6-4-2-1-3-5-7-8/h2,8-9H,1,3-7H2. The molecule has 1 aliphatic rings. The molecular weight excluding hydrogens is 124 g/mol. The molecule has 2 heteroatoms. The van der Waals surface area contributed by atoms with Gasteiger partial charge in [0.25, 0.3) is 0 Å². The van der Waals surface area contributed by atoms with Crippen LogP contribution in [0.2, 0.25) is 0 Å². The fraction of sp³-hybridized carbons (Fsp3) is 0.875. The first-order chi connectivity index (χ1) is 4.93. The zero-order valence-corrected chi connectivity index (χ0v) is 6.34. The summed E-state index contributed by atoms with van der Waals surface area (Å²) in [5.41, 5.74) is 6.88. The molecule has 1 aliphatic carbocycles. The first-order valence-corrected chi connectivity index (χ1v) is 4.11. The van der Waals surface area contributed by atoms with Gasteiger partial charge in [-0.15, -0.1) is 0 Å². The fourth-order valence-electron chi connectivity index (χ4n) is 1.40. The Kier molecular flexibility index (Phi) is 3.41. The van der Waals surface area contributed by atoms with Gasteiger partial charge in [0.1, 0.15) is 0 Å². The monoisotopic (exact) mass is 139 g/mol. The Morgan fingerprint density at radius 3 is 2.90 bits per heavy atom. The van der Waals surface area contributed by atoms with Crippen molar-refractivity contribution in [1.29, 1.82) is 5.53 Å². The van der Waals surface area contributed by atoms with Crippen molar-refractivity contribution < 1.29 is 0 Å². The van der Waals surface area contributed by atoms with E-state index in [-0.39, 0.29) is 0 Å². The SMILES string of the molecule is N=NC1CC[CH]CCCC1. The van der Waals surface area contributed by atoms with Gasteiger partial charge < -0.3 is 0 Å².